The third-order valence-corrected chi connectivity index (χ3v) is 1.44. The second-order valence-corrected chi connectivity index (χ2v) is 2.45. The predicted octanol–water partition coefficient (Wildman–Crippen LogP) is 0.0854. The van der Waals surface area contributed by atoms with E-state index in [4.69, 9.17) is 5.73 Å². The Labute approximate surface area is 68.2 Å². The van der Waals surface area contributed by atoms with E-state index in [-0.39, 0.29) is 0 Å². The lowest BCUT2D eigenvalue weighted by Crippen LogP contribution is -1.81. The van der Waals surface area contributed by atoms with Crippen LogP contribution in [-0.4, -0.2) is 25.4 Å². The molecular formula is C6H8N6. The molecule has 0 aliphatic rings. The van der Waals surface area contributed by atoms with Crippen LogP contribution in [0.5, 0.6) is 0 Å². The summed E-state index contributed by atoms with van der Waals surface area (Å²) in [5, 5.41) is 13.1. The van der Waals surface area contributed by atoms with Crippen LogP contribution >= 0.6 is 0 Å². The molecular weight excluding hydrogens is 156 g/mol. The van der Waals surface area contributed by atoms with Gasteiger partial charge in [-0.1, -0.05) is 0 Å². The van der Waals surface area contributed by atoms with Gasteiger partial charge in [-0.15, -0.1) is 0 Å². The van der Waals surface area contributed by atoms with E-state index in [2.05, 4.69) is 25.4 Å². The van der Waals surface area contributed by atoms with Gasteiger partial charge < -0.3 is 5.73 Å². The topological polar surface area (TPSA) is 96.3 Å². The summed E-state index contributed by atoms with van der Waals surface area (Å²) in [6.07, 6.45) is 0. The fourth-order valence-electron chi connectivity index (χ4n) is 0.915. The number of aromatic amines is 2. The number of anilines is 1. The highest BCUT2D eigenvalue weighted by molar-refractivity contribution is 5.53. The van der Waals surface area contributed by atoms with Crippen molar-refractivity contribution in [2.75, 3.05) is 5.73 Å². The Hall–Kier alpha value is -1.85. The first-order chi connectivity index (χ1) is 5.75. The van der Waals surface area contributed by atoms with Gasteiger partial charge in [-0.25, -0.2) is 4.98 Å². The Balaban J connectivity index is 2.43. The highest BCUT2D eigenvalue weighted by Crippen LogP contribution is 2.12. The van der Waals surface area contributed by atoms with E-state index in [1.807, 2.05) is 6.92 Å². The van der Waals surface area contributed by atoms with E-state index >= 15 is 0 Å². The van der Waals surface area contributed by atoms with E-state index in [1.54, 1.807) is 6.07 Å². The van der Waals surface area contributed by atoms with Crippen molar-refractivity contribution >= 4 is 5.82 Å². The number of hydrogen-bond donors (Lipinski definition) is 3. The van der Waals surface area contributed by atoms with Crippen molar-refractivity contribution in [3.63, 3.8) is 0 Å². The smallest absolute Gasteiger partial charge is 0.199 e. The van der Waals surface area contributed by atoms with E-state index in [0.29, 0.717) is 11.6 Å². The fraction of sp³-hybridized carbons (Fsp3) is 0.167. The van der Waals surface area contributed by atoms with Crippen molar-refractivity contribution in [3.8, 4) is 11.5 Å². The number of nitrogens with zero attached hydrogens (tertiary/aromatic N) is 3. The molecule has 12 heavy (non-hydrogen) atoms. The summed E-state index contributed by atoms with van der Waals surface area (Å²) in [5.74, 6) is 1.78. The van der Waals surface area contributed by atoms with Crippen molar-refractivity contribution < 1.29 is 0 Å². The van der Waals surface area contributed by atoms with Crippen LogP contribution in [0.4, 0.5) is 5.82 Å². The molecule has 0 atom stereocenters. The summed E-state index contributed by atoms with van der Waals surface area (Å²) in [6, 6.07) is 1.68. The maximum Gasteiger partial charge on any atom is 0.199 e. The second-order valence-electron chi connectivity index (χ2n) is 2.45. The van der Waals surface area contributed by atoms with Gasteiger partial charge in [-0.3, -0.25) is 10.2 Å². The molecule has 6 nitrogen and oxygen atoms in total. The molecule has 0 saturated heterocycles. The van der Waals surface area contributed by atoms with Crippen molar-refractivity contribution in [3.05, 3.63) is 11.9 Å². The monoisotopic (exact) mass is 164 g/mol. The number of nitrogens with two attached hydrogens (primary N) is 1. The van der Waals surface area contributed by atoms with Crippen molar-refractivity contribution in [1.82, 2.24) is 25.4 Å². The molecule has 62 valence electrons. The summed E-state index contributed by atoms with van der Waals surface area (Å²) >= 11 is 0. The average Bonchev–Trinajstić information content (AvgIpc) is 2.58. The molecule has 0 amide bonds. The quantitative estimate of drug-likeness (QED) is 0.556. The molecule has 0 saturated carbocycles. The highest BCUT2D eigenvalue weighted by atomic mass is 15.2. The number of hydrogen-bond acceptors (Lipinski definition) is 4. The zero-order valence-electron chi connectivity index (χ0n) is 6.50. The van der Waals surface area contributed by atoms with E-state index in [0.717, 1.165) is 11.5 Å². The third-order valence-electron chi connectivity index (χ3n) is 1.44. The molecule has 0 bridgehead atoms. The van der Waals surface area contributed by atoms with Gasteiger partial charge in [-0.05, 0) is 6.92 Å². The van der Waals surface area contributed by atoms with Crippen LogP contribution in [0.15, 0.2) is 6.07 Å². The Morgan fingerprint density at radius 1 is 1.33 bits per heavy atom. The van der Waals surface area contributed by atoms with Crippen molar-refractivity contribution in [1.29, 1.82) is 0 Å². The molecule has 2 aromatic heterocycles. The van der Waals surface area contributed by atoms with Crippen LogP contribution in [0.1, 0.15) is 5.82 Å². The molecule has 0 spiro atoms. The normalized spacial score (nSPS) is 10.4. The van der Waals surface area contributed by atoms with Gasteiger partial charge >= 0.3 is 0 Å². The number of H-pyrrole nitrogens is 2. The predicted molar refractivity (Wildman–Crippen MR) is 43.1 cm³/mol. The number of aromatic nitrogens is 5. The first-order valence-corrected chi connectivity index (χ1v) is 3.46. The minimum atomic E-state index is 0.437. The van der Waals surface area contributed by atoms with Crippen molar-refractivity contribution in [2.24, 2.45) is 0 Å². The molecule has 0 aromatic carbocycles. The van der Waals surface area contributed by atoms with Gasteiger partial charge in [0.25, 0.3) is 0 Å². The molecule has 0 radical (unpaired) electrons. The van der Waals surface area contributed by atoms with Crippen LogP contribution in [0.3, 0.4) is 0 Å². The Morgan fingerprint density at radius 3 is 2.67 bits per heavy atom. The Bertz CT molecular complexity index is 348. The average molecular weight is 164 g/mol. The van der Waals surface area contributed by atoms with Crippen LogP contribution in [0, 0.1) is 6.92 Å². The minimum Gasteiger partial charge on any atom is -0.382 e. The molecule has 2 heterocycles. The molecule has 4 N–H and O–H groups in total. The summed E-state index contributed by atoms with van der Waals surface area (Å²) in [5.41, 5.74) is 6.13. The highest BCUT2D eigenvalue weighted by Gasteiger charge is 2.05. The molecule has 0 fully saturated rings. The lowest BCUT2D eigenvalue weighted by Gasteiger charge is -1.82. The van der Waals surface area contributed by atoms with E-state index in [9.17, 15) is 0 Å². The maximum absolute atomic E-state index is 5.41. The van der Waals surface area contributed by atoms with Crippen molar-refractivity contribution in [2.45, 2.75) is 6.92 Å². The second kappa shape index (κ2) is 2.33. The summed E-state index contributed by atoms with van der Waals surface area (Å²) in [7, 11) is 0. The largest absolute Gasteiger partial charge is 0.382 e. The number of aryl methyl sites for hydroxylation is 1. The summed E-state index contributed by atoms with van der Waals surface area (Å²) < 4.78 is 0. The SMILES string of the molecule is Cc1nc(-c2cc(N)n[nH]2)n[nH]1. The molecule has 0 aliphatic carbocycles. The van der Waals surface area contributed by atoms with Gasteiger partial charge in [0.1, 0.15) is 17.3 Å². The molecule has 6 heteroatoms. The number of nitrogen functional groups attached to an aromatic ring is 1. The summed E-state index contributed by atoms with van der Waals surface area (Å²) in [4.78, 5) is 4.10. The Morgan fingerprint density at radius 2 is 2.17 bits per heavy atom. The fourth-order valence-corrected chi connectivity index (χ4v) is 0.915. The van der Waals surface area contributed by atoms with Crippen LogP contribution in [-0.2, 0) is 0 Å². The van der Waals surface area contributed by atoms with E-state index in [1.165, 1.54) is 0 Å². The van der Waals surface area contributed by atoms with Gasteiger partial charge in [0.2, 0.25) is 0 Å². The van der Waals surface area contributed by atoms with Crippen LogP contribution in [0.2, 0.25) is 0 Å². The first kappa shape index (κ1) is 6.84. The molecule has 2 aromatic rings. The molecule has 0 unspecified atom stereocenters. The molecule has 2 rings (SSSR count). The Kier molecular flexibility index (Phi) is 1.33. The number of nitrogens with one attached hydrogen (secondary N) is 2. The minimum absolute atomic E-state index is 0.437. The standard InChI is InChI=1S/C6H8N6/c1-3-8-6(12-9-3)4-2-5(7)11-10-4/h2H,1H3,(H3,7,10,11)(H,8,9,12). The lowest BCUT2D eigenvalue weighted by atomic mass is 10.4. The van der Waals surface area contributed by atoms with Gasteiger partial charge in [-0.2, -0.15) is 10.2 Å². The third kappa shape index (κ3) is 1.03. The zero-order chi connectivity index (χ0) is 8.55. The summed E-state index contributed by atoms with van der Waals surface area (Å²) in [6.45, 7) is 1.83. The van der Waals surface area contributed by atoms with Crippen LogP contribution < -0.4 is 5.73 Å². The zero-order valence-corrected chi connectivity index (χ0v) is 6.50. The van der Waals surface area contributed by atoms with E-state index < -0.39 is 0 Å². The first-order valence-electron chi connectivity index (χ1n) is 3.46. The van der Waals surface area contributed by atoms with Gasteiger partial charge in [0.15, 0.2) is 5.82 Å². The number of rotatable bonds is 1. The lowest BCUT2D eigenvalue weighted by molar-refractivity contribution is 1.03. The maximum atomic E-state index is 5.41. The van der Waals surface area contributed by atoms with Crippen LogP contribution in [0.25, 0.3) is 11.5 Å². The van der Waals surface area contributed by atoms with Gasteiger partial charge in [0, 0.05) is 6.07 Å². The molecule has 0 aliphatic heterocycles. The van der Waals surface area contributed by atoms with Gasteiger partial charge in [0.05, 0.1) is 0 Å².